The first-order valence-electron chi connectivity index (χ1n) is 11.9. The van der Waals surface area contributed by atoms with E-state index in [0.29, 0.717) is 30.5 Å². The van der Waals surface area contributed by atoms with Gasteiger partial charge in [0.25, 0.3) is 5.91 Å². The Balaban J connectivity index is 1.41. The third-order valence-electron chi connectivity index (χ3n) is 6.74. The normalized spacial score (nSPS) is 18.5. The van der Waals surface area contributed by atoms with E-state index in [9.17, 15) is 9.18 Å². The summed E-state index contributed by atoms with van der Waals surface area (Å²) in [5.74, 6) is 0.810. The summed E-state index contributed by atoms with van der Waals surface area (Å²) in [4.78, 5) is 25.9. The number of piperidine rings is 1. The standard InChI is InChI=1S/C27H28FN3O2S/c1-3-18-7-6-16-31(22(18)14-15-24-30-21-8-4-5-9-23(21)33-24)27(32)25-26(34-17(2)29-25)19-10-12-20(28)13-11-19/h4-5,8-13,18,22H,3,6-7,14-16H2,1-2H3/t18-,22-/m1/s1. The minimum absolute atomic E-state index is 0.0376. The number of hydrogen-bond donors (Lipinski definition) is 0. The Hall–Kier alpha value is -3.06. The number of carbonyl (C=O) groups excluding carboxylic acids is 1. The van der Waals surface area contributed by atoms with Crippen LogP contribution in [0.5, 0.6) is 0 Å². The maximum atomic E-state index is 13.9. The van der Waals surface area contributed by atoms with E-state index in [1.54, 1.807) is 12.1 Å². The fourth-order valence-corrected chi connectivity index (χ4v) is 5.98. The fraction of sp³-hybridized carbons (Fsp3) is 0.370. The molecule has 1 amide bonds. The van der Waals surface area contributed by atoms with E-state index in [1.807, 2.05) is 36.1 Å². The van der Waals surface area contributed by atoms with E-state index in [-0.39, 0.29) is 17.8 Å². The second kappa shape index (κ2) is 9.66. The summed E-state index contributed by atoms with van der Waals surface area (Å²) in [6.07, 6.45) is 4.59. The molecule has 3 heterocycles. The van der Waals surface area contributed by atoms with Gasteiger partial charge in [-0.15, -0.1) is 11.3 Å². The lowest BCUT2D eigenvalue weighted by Crippen LogP contribution is -2.48. The van der Waals surface area contributed by atoms with Crippen LogP contribution in [0.2, 0.25) is 0 Å². The summed E-state index contributed by atoms with van der Waals surface area (Å²) in [5.41, 5.74) is 2.95. The largest absolute Gasteiger partial charge is 0.441 e. The Morgan fingerprint density at radius 1 is 1.18 bits per heavy atom. The number of amides is 1. The second-order valence-corrected chi connectivity index (χ2v) is 10.1. The van der Waals surface area contributed by atoms with Gasteiger partial charge in [-0.25, -0.2) is 14.4 Å². The SMILES string of the molecule is CC[C@@H]1CCCN(C(=O)c2nc(C)sc2-c2ccc(F)cc2)[C@@H]1CCc1nc2ccccc2o1. The second-order valence-electron chi connectivity index (χ2n) is 8.91. The number of rotatable bonds is 6. The molecule has 5 rings (SSSR count). The Morgan fingerprint density at radius 3 is 2.74 bits per heavy atom. The van der Waals surface area contributed by atoms with Crippen LogP contribution in [-0.4, -0.2) is 33.4 Å². The zero-order valence-corrected chi connectivity index (χ0v) is 20.3. The molecular weight excluding hydrogens is 449 g/mol. The highest BCUT2D eigenvalue weighted by Crippen LogP contribution is 2.35. The molecule has 5 nitrogen and oxygen atoms in total. The van der Waals surface area contributed by atoms with Crippen molar-refractivity contribution >= 4 is 28.3 Å². The van der Waals surface area contributed by atoms with Crippen LogP contribution in [-0.2, 0) is 6.42 Å². The Kier molecular flexibility index (Phi) is 6.46. The maximum Gasteiger partial charge on any atom is 0.274 e. The van der Waals surface area contributed by atoms with Gasteiger partial charge in [0.15, 0.2) is 11.5 Å². The van der Waals surface area contributed by atoms with E-state index in [4.69, 9.17) is 4.42 Å². The number of fused-ring (bicyclic) bond motifs is 1. The number of likely N-dealkylation sites (tertiary alicyclic amines) is 1. The van der Waals surface area contributed by atoms with Gasteiger partial charge < -0.3 is 9.32 Å². The molecule has 1 saturated heterocycles. The average molecular weight is 478 g/mol. The third-order valence-corrected chi connectivity index (χ3v) is 7.76. The molecule has 2 aromatic heterocycles. The Bertz CT molecular complexity index is 1260. The first-order valence-corrected chi connectivity index (χ1v) is 12.7. The molecule has 1 aliphatic heterocycles. The van der Waals surface area contributed by atoms with Gasteiger partial charge in [-0.1, -0.05) is 37.6 Å². The van der Waals surface area contributed by atoms with Gasteiger partial charge in [-0.2, -0.15) is 0 Å². The zero-order valence-electron chi connectivity index (χ0n) is 19.5. The van der Waals surface area contributed by atoms with Crippen molar-refractivity contribution in [2.24, 2.45) is 5.92 Å². The van der Waals surface area contributed by atoms with Crippen molar-refractivity contribution in [2.75, 3.05) is 6.54 Å². The molecule has 0 N–H and O–H groups in total. The number of thiazole rings is 1. The van der Waals surface area contributed by atoms with Gasteiger partial charge in [0.05, 0.1) is 9.88 Å². The average Bonchev–Trinajstić information content (AvgIpc) is 3.45. The molecule has 34 heavy (non-hydrogen) atoms. The predicted molar refractivity (Wildman–Crippen MR) is 132 cm³/mol. The molecular formula is C27H28FN3O2S. The molecule has 2 aromatic carbocycles. The molecule has 0 spiro atoms. The Labute approximate surface area is 202 Å². The first kappa shape index (κ1) is 22.7. The number of halogens is 1. The molecule has 7 heteroatoms. The lowest BCUT2D eigenvalue weighted by molar-refractivity contribution is 0.0461. The summed E-state index contributed by atoms with van der Waals surface area (Å²) in [7, 11) is 0. The third kappa shape index (κ3) is 4.49. The van der Waals surface area contributed by atoms with Crippen LogP contribution < -0.4 is 0 Å². The van der Waals surface area contributed by atoms with Crippen LogP contribution >= 0.6 is 11.3 Å². The topological polar surface area (TPSA) is 59.2 Å². The molecule has 176 valence electrons. The lowest BCUT2D eigenvalue weighted by Gasteiger charge is -2.41. The molecule has 1 aliphatic rings. The van der Waals surface area contributed by atoms with Crippen LogP contribution in [0.1, 0.15) is 54.0 Å². The predicted octanol–water partition coefficient (Wildman–Crippen LogP) is 6.66. The Morgan fingerprint density at radius 2 is 1.97 bits per heavy atom. The quantitative estimate of drug-likeness (QED) is 0.311. The molecule has 0 saturated carbocycles. The number of para-hydroxylation sites is 2. The first-order chi connectivity index (χ1) is 16.5. The van der Waals surface area contributed by atoms with Crippen LogP contribution in [0.25, 0.3) is 21.5 Å². The van der Waals surface area contributed by atoms with Crippen molar-refractivity contribution in [3.8, 4) is 10.4 Å². The minimum atomic E-state index is -0.293. The molecule has 0 aliphatic carbocycles. The highest BCUT2D eigenvalue weighted by molar-refractivity contribution is 7.15. The summed E-state index contributed by atoms with van der Waals surface area (Å²) in [6.45, 7) is 4.82. The summed E-state index contributed by atoms with van der Waals surface area (Å²) >= 11 is 1.48. The number of benzene rings is 2. The van der Waals surface area contributed by atoms with Gasteiger partial charge in [0.2, 0.25) is 0 Å². The molecule has 1 fully saturated rings. The molecule has 4 aromatic rings. The molecule has 2 atom stereocenters. The van der Waals surface area contributed by atoms with Crippen molar-refractivity contribution < 1.29 is 13.6 Å². The minimum Gasteiger partial charge on any atom is -0.441 e. The highest BCUT2D eigenvalue weighted by atomic mass is 32.1. The van der Waals surface area contributed by atoms with E-state index >= 15 is 0 Å². The van der Waals surface area contributed by atoms with Gasteiger partial charge in [-0.05, 0) is 61.9 Å². The van der Waals surface area contributed by atoms with Crippen molar-refractivity contribution in [1.29, 1.82) is 0 Å². The molecule has 0 unspecified atom stereocenters. The number of aromatic nitrogens is 2. The van der Waals surface area contributed by atoms with Gasteiger partial charge >= 0.3 is 0 Å². The van der Waals surface area contributed by atoms with Crippen LogP contribution in [0.3, 0.4) is 0 Å². The van der Waals surface area contributed by atoms with E-state index < -0.39 is 0 Å². The summed E-state index contributed by atoms with van der Waals surface area (Å²) in [6, 6.07) is 14.2. The molecule has 0 radical (unpaired) electrons. The number of carbonyl (C=O) groups is 1. The van der Waals surface area contributed by atoms with Crippen LogP contribution in [0.4, 0.5) is 4.39 Å². The zero-order chi connectivity index (χ0) is 23.7. The lowest BCUT2D eigenvalue weighted by atomic mass is 9.84. The van der Waals surface area contributed by atoms with Crippen molar-refractivity contribution in [3.05, 3.63) is 70.9 Å². The van der Waals surface area contributed by atoms with E-state index in [2.05, 4.69) is 16.9 Å². The van der Waals surface area contributed by atoms with E-state index in [0.717, 1.165) is 52.2 Å². The number of aryl methyl sites for hydroxylation is 2. The van der Waals surface area contributed by atoms with Crippen LogP contribution in [0, 0.1) is 18.7 Å². The van der Waals surface area contributed by atoms with Crippen molar-refractivity contribution in [2.45, 2.75) is 52.0 Å². The summed E-state index contributed by atoms with van der Waals surface area (Å²) in [5, 5.41) is 0.828. The number of oxazole rings is 1. The maximum absolute atomic E-state index is 13.9. The van der Waals surface area contributed by atoms with Gasteiger partial charge in [0.1, 0.15) is 17.0 Å². The summed E-state index contributed by atoms with van der Waals surface area (Å²) < 4.78 is 19.4. The van der Waals surface area contributed by atoms with E-state index in [1.165, 1.54) is 23.5 Å². The van der Waals surface area contributed by atoms with Crippen LogP contribution in [0.15, 0.2) is 52.9 Å². The van der Waals surface area contributed by atoms with Crippen molar-refractivity contribution in [1.82, 2.24) is 14.9 Å². The van der Waals surface area contributed by atoms with Gasteiger partial charge in [-0.3, -0.25) is 4.79 Å². The van der Waals surface area contributed by atoms with Gasteiger partial charge in [0, 0.05) is 19.0 Å². The number of nitrogens with zero attached hydrogens (tertiary/aromatic N) is 3. The van der Waals surface area contributed by atoms with Crippen molar-refractivity contribution in [3.63, 3.8) is 0 Å². The highest BCUT2D eigenvalue weighted by Gasteiger charge is 2.35. The number of hydrogen-bond acceptors (Lipinski definition) is 5. The molecule has 0 bridgehead atoms. The fourth-order valence-electron chi connectivity index (χ4n) is 5.06. The monoisotopic (exact) mass is 477 g/mol. The smallest absolute Gasteiger partial charge is 0.274 e.